The molecular weight excluding hydrogens is 458 g/mol. The van der Waals surface area contributed by atoms with Crippen molar-refractivity contribution in [2.45, 2.75) is 56.8 Å². The minimum atomic E-state index is -3.59. The summed E-state index contributed by atoms with van der Waals surface area (Å²) in [6.07, 6.45) is 9.60. The Hall–Kier alpha value is -1.48. The first kappa shape index (κ1) is 22.2. The van der Waals surface area contributed by atoms with Crippen LogP contribution >= 0.6 is 15.9 Å². The van der Waals surface area contributed by atoms with Crippen molar-refractivity contribution in [3.8, 4) is 0 Å². The maximum atomic E-state index is 12.6. The largest absolute Gasteiger partial charge is 0.481 e. The molecule has 4 atom stereocenters. The number of aliphatic carboxylic acids is 1. The molecule has 29 heavy (non-hydrogen) atoms. The van der Waals surface area contributed by atoms with Crippen LogP contribution in [0.1, 0.15) is 44.1 Å². The molecule has 0 aromatic heterocycles. The van der Waals surface area contributed by atoms with Gasteiger partial charge in [0.2, 0.25) is 10.0 Å². The molecule has 8 heteroatoms. The van der Waals surface area contributed by atoms with Crippen LogP contribution in [0.4, 0.5) is 0 Å². The molecule has 158 valence electrons. The molecule has 2 heterocycles. The molecule has 2 N–H and O–H groups in total. The summed E-state index contributed by atoms with van der Waals surface area (Å²) in [6, 6.07) is 7.17. The van der Waals surface area contributed by atoms with E-state index in [1.807, 2.05) is 36.4 Å². The number of carbonyl (C=O) groups is 1. The smallest absolute Gasteiger partial charge is 0.303 e. The van der Waals surface area contributed by atoms with E-state index in [0.717, 1.165) is 29.3 Å². The maximum Gasteiger partial charge on any atom is 0.303 e. The third kappa shape index (κ3) is 6.50. The highest BCUT2D eigenvalue weighted by Gasteiger charge is 2.49. The zero-order chi connectivity index (χ0) is 20.9. The Kier molecular flexibility index (Phi) is 7.67. The second kappa shape index (κ2) is 10.0. The van der Waals surface area contributed by atoms with E-state index in [9.17, 15) is 13.2 Å². The van der Waals surface area contributed by atoms with Crippen LogP contribution in [0.2, 0.25) is 0 Å². The molecule has 2 bridgehead atoms. The summed E-state index contributed by atoms with van der Waals surface area (Å²) >= 11 is 3.36. The van der Waals surface area contributed by atoms with E-state index in [0.29, 0.717) is 12.8 Å². The van der Waals surface area contributed by atoms with E-state index in [1.54, 1.807) is 6.08 Å². The summed E-state index contributed by atoms with van der Waals surface area (Å²) in [5, 5.41) is 9.88. The fraction of sp³-hybridized carbons (Fsp3) is 0.476. The second-order valence-corrected chi connectivity index (χ2v) is 10.0. The average Bonchev–Trinajstić information content (AvgIpc) is 3.26. The lowest BCUT2D eigenvalue weighted by molar-refractivity contribution is -0.137. The highest BCUT2D eigenvalue weighted by atomic mass is 79.9. The molecule has 0 radical (unpaired) electrons. The number of rotatable bonds is 10. The van der Waals surface area contributed by atoms with Gasteiger partial charge in [0, 0.05) is 22.2 Å². The lowest BCUT2D eigenvalue weighted by Crippen LogP contribution is -2.46. The van der Waals surface area contributed by atoms with Gasteiger partial charge >= 0.3 is 5.97 Å². The van der Waals surface area contributed by atoms with Crippen LogP contribution in [0.25, 0.3) is 6.08 Å². The van der Waals surface area contributed by atoms with Gasteiger partial charge in [-0.2, -0.15) is 0 Å². The van der Waals surface area contributed by atoms with Crippen molar-refractivity contribution < 1.29 is 23.1 Å². The van der Waals surface area contributed by atoms with Crippen LogP contribution < -0.4 is 4.72 Å². The molecule has 0 saturated carbocycles. The van der Waals surface area contributed by atoms with E-state index in [4.69, 9.17) is 9.84 Å². The van der Waals surface area contributed by atoms with Crippen molar-refractivity contribution in [1.82, 2.24) is 4.72 Å². The van der Waals surface area contributed by atoms with Gasteiger partial charge in [-0.05, 0) is 55.9 Å². The average molecular weight is 484 g/mol. The number of carboxylic acid groups (broad SMARTS) is 1. The standard InChI is InChI=1S/C21H26BrNO5S/c22-16-9-7-15(8-10-16)13-14-29(26,27)23-21-17(18-11-12-19(21)28-18)5-3-1-2-4-6-20(24)25/h1,3,7-10,13-14,17-19,21,23H,2,4-6,11-12H2,(H,24,25). The van der Waals surface area contributed by atoms with E-state index in [2.05, 4.69) is 20.7 Å². The van der Waals surface area contributed by atoms with Crippen LogP contribution in [-0.4, -0.2) is 37.7 Å². The molecular formula is C21H26BrNO5S. The monoisotopic (exact) mass is 483 g/mol. The lowest BCUT2D eigenvalue weighted by atomic mass is 9.83. The molecule has 2 aliphatic rings. The Morgan fingerprint density at radius 1 is 1.21 bits per heavy atom. The van der Waals surface area contributed by atoms with Crippen LogP contribution in [0, 0.1) is 5.92 Å². The summed E-state index contributed by atoms with van der Waals surface area (Å²) < 4.78 is 34.9. The highest BCUT2D eigenvalue weighted by molar-refractivity contribution is 9.10. The van der Waals surface area contributed by atoms with Crippen LogP contribution in [0.5, 0.6) is 0 Å². The molecule has 6 nitrogen and oxygen atoms in total. The van der Waals surface area contributed by atoms with Gasteiger partial charge in [0.1, 0.15) is 0 Å². The number of halogens is 1. The topological polar surface area (TPSA) is 92.7 Å². The number of sulfonamides is 1. The Bertz CT molecular complexity index is 866. The predicted octanol–water partition coefficient (Wildman–Crippen LogP) is 4.09. The third-order valence-corrected chi connectivity index (χ3v) is 6.99. The summed E-state index contributed by atoms with van der Waals surface area (Å²) in [5.41, 5.74) is 0.809. The Morgan fingerprint density at radius 2 is 1.93 bits per heavy atom. The van der Waals surface area contributed by atoms with Gasteiger partial charge in [0.25, 0.3) is 0 Å². The number of ether oxygens (including phenoxy) is 1. The Morgan fingerprint density at radius 3 is 2.66 bits per heavy atom. The summed E-state index contributed by atoms with van der Waals surface area (Å²) in [5.74, 6) is -0.689. The van der Waals surface area contributed by atoms with Crippen LogP contribution in [0.15, 0.2) is 46.3 Å². The minimum absolute atomic E-state index is 0.0758. The number of carboxylic acids is 1. The first-order valence-electron chi connectivity index (χ1n) is 9.82. The summed E-state index contributed by atoms with van der Waals surface area (Å²) in [6.45, 7) is 0. The van der Waals surface area contributed by atoms with Gasteiger partial charge in [-0.15, -0.1) is 0 Å². The number of nitrogens with one attached hydrogen (secondary N) is 1. The normalized spacial score (nSPS) is 26.7. The minimum Gasteiger partial charge on any atom is -0.481 e. The van der Waals surface area contributed by atoms with Crippen molar-refractivity contribution >= 4 is 38.0 Å². The zero-order valence-corrected chi connectivity index (χ0v) is 18.4. The molecule has 2 fully saturated rings. The van der Waals surface area contributed by atoms with Gasteiger partial charge in [0.15, 0.2) is 0 Å². The van der Waals surface area contributed by atoms with Gasteiger partial charge in [-0.25, -0.2) is 13.1 Å². The molecule has 1 aromatic rings. The lowest BCUT2D eigenvalue weighted by Gasteiger charge is -2.27. The number of hydrogen-bond donors (Lipinski definition) is 2. The third-order valence-electron chi connectivity index (χ3n) is 5.37. The number of benzene rings is 1. The quantitative estimate of drug-likeness (QED) is 0.386. The number of fused-ring (bicyclic) bond motifs is 2. The van der Waals surface area contributed by atoms with Gasteiger partial charge in [-0.1, -0.05) is 40.2 Å². The Labute approximate surface area is 180 Å². The van der Waals surface area contributed by atoms with Crippen molar-refractivity contribution in [3.05, 3.63) is 51.9 Å². The van der Waals surface area contributed by atoms with Crippen molar-refractivity contribution in [2.75, 3.05) is 0 Å². The summed E-state index contributed by atoms with van der Waals surface area (Å²) in [7, 11) is -3.59. The van der Waals surface area contributed by atoms with E-state index < -0.39 is 16.0 Å². The fourth-order valence-corrected chi connectivity index (χ4v) is 5.34. The Balaban J connectivity index is 1.58. The SMILES string of the molecule is O=C(O)CCCC=CCC1C2CCC(O2)C1NS(=O)(=O)C=Cc1ccc(Br)cc1. The van der Waals surface area contributed by atoms with Crippen molar-refractivity contribution in [3.63, 3.8) is 0 Å². The molecule has 1 aromatic carbocycles. The number of allylic oxidation sites excluding steroid dienone is 2. The molecule has 2 saturated heterocycles. The molecule has 2 aliphatic heterocycles. The molecule has 0 amide bonds. The van der Waals surface area contributed by atoms with Crippen molar-refractivity contribution in [1.29, 1.82) is 0 Å². The van der Waals surface area contributed by atoms with Crippen LogP contribution in [-0.2, 0) is 19.6 Å². The second-order valence-electron chi connectivity index (χ2n) is 7.49. The molecule has 3 rings (SSSR count). The first-order valence-corrected chi connectivity index (χ1v) is 12.2. The predicted molar refractivity (Wildman–Crippen MR) is 116 cm³/mol. The maximum absolute atomic E-state index is 12.6. The molecule has 0 spiro atoms. The van der Waals surface area contributed by atoms with Gasteiger partial charge in [0.05, 0.1) is 18.2 Å². The van der Waals surface area contributed by atoms with Crippen molar-refractivity contribution in [2.24, 2.45) is 5.92 Å². The van der Waals surface area contributed by atoms with Gasteiger partial charge in [-0.3, -0.25) is 4.79 Å². The van der Waals surface area contributed by atoms with E-state index in [-0.39, 0.29) is 30.6 Å². The zero-order valence-electron chi connectivity index (χ0n) is 16.0. The first-order chi connectivity index (χ1) is 13.8. The molecule has 0 aliphatic carbocycles. The summed E-state index contributed by atoms with van der Waals surface area (Å²) in [4.78, 5) is 10.5. The van der Waals surface area contributed by atoms with E-state index >= 15 is 0 Å². The number of unbranched alkanes of at least 4 members (excludes halogenated alkanes) is 1. The fourth-order valence-electron chi connectivity index (χ4n) is 3.95. The van der Waals surface area contributed by atoms with Crippen LogP contribution in [0.3, 0.4) is 0 Å². The van der Waals surface area contributed by atoms with Gasteiger partial charge < -0.3 is 9.84 Å². The number of hydrogen-bond acceptors (Lipinski definition) is 4. The molecule has 4 unspecified atom stereocenters. The highest BCUT2D eigenvalue weighted by Crippen LogP contribution is 2.41. The van der Waals surface area contributed by atoms with E-state index in [1.165, 1.54) is 5.41 Å².